The number of amides is 1. The molecule has 27 heavy (non-hydrogen) atoms. The molecule has 3 aromatic rings. The zero-order valence-electron chi connectivity index (χ0n) is 15.1. The van der Waals surface area contributed by atoms with Crippen LogP contribution in [0, 0.1) is 6.92 Å². The molecular weight excluding hydrogens is 342 g/mol. The summed E-state index contributed by atoms with van der Waals surface area (Å²) in [5.74, 6) is 0.664. The van der Waals surface area contributed by atoms with Crippen molar-refractivity contribution in [2.45, 2.75) is 38.1 Å². The minimum Gasteiger partial charge on any atom is -0.334 e. The molecule has 1 saturated carbocycles. The highest BCUT2D eigenvalue weighted by atomic mass is 16.5. The van der Waals surface area contributed by atoms with Gasteiger partial charge in [-0.2, -0.15) is 4.98 Å². The van der Waals surface area contributed by atoms with Crippen molar-refractivity contribution in [2.75, 3.05) is 5.32 Å². The van der Waals surface area contributed by atoms with Gasteiger partial charge in [-0.05, 0) is 43.5 Å². The van der Waals surface area contributed by atoms with Crippen molar-refractivity contribution in [3.05, 3.63) is 59.7 Å². The van der Waals surface area contributed by atoms with Gasteiger partial charge in [0, 0.05) is 18.0 Å². The van der Waals surface area contributed by atoms with Crippen LogP contribution in [-0.2, 0) is 5.54 Å². The molecule has 0 bridgehead atoms. The summed E-state index contributed by atoms with van der Waals surface area (Å²) in [5, 5.41) is 7.08. The summed E-state index contributed by atoms with van der Waals surface area (Å²) in [6.07, 6.45) is 7.01. The molecule has 1 aromatic carbocycles. The van der Waals surface area contributed by atoms with Crippen LogP contribution in [-0.4, -0.2) is 21.0 Å². The maximum atomic E-state index is 12.6. The monoisotopic (exact) mass is 363 g/mol. The molecule has 7 heteroatoms. The number of benzene rings is 1. The molecule has 1 aliphatic rings. The van der Waals surface area contributed by atoms with Crippen molar-refractivity contribution in [3.63, 3.8) is 0 Å². The smallest absolute Gasteiger partial charge is 0.260 e. The van der Waals surface area contributed by atoms with Gasteiger partial charge in [0.2, 0.25) is 0 Å². The number of rotatable bonds is 4. The number of anilines is 1. The number of hydrogen-bond donors (Lipinski definition) is 2. The highest BCUT2D eigenvalue weighted by Crippen LogP contribution is 2.37. The maximum Gasteiger partial charge on any atom is 0.260 e. The standard InChI is InChI=1S/C20H21N5O2/c1-13-5-4-6-15(16(13)23-17(26)14-7-11-22-12-8-14)18-24-19(25-27-18)20(21)9-2-3-10-20/h4-8,11-12H,2-3,9-10,21H2,1H3,(H,23,26). The molecule has 1 amide bonds. The van der Waals surface area contributed by atoms with Crippen LogP contribution in [0.3, 0.4) is 0 Å². The summed E-state index contributed by atoms with van der Waals surface area (Å²) in [6.45, 7) is 1.92. The second-order valence-electron chi connectivity index (χ2n) is 6.97. The van der Waals surface area contributed by atoms with E-state index in [4.69, 9.17) is 10.3 Å². The Bertz CT molecular complexity index is 962. The van der Waals surface area contributed by atoms with Gasteiger partial charge in [-0.1, -0.05) is 30.1 Å². The zero-order chi connectivity index (χ0) is 18.9. The van der Waals surface area contributed by atoms with Gasteiger partial charge >= 0.3 is 0 Å². The number of aromatic nitrogens is 3. The average Bonchev–Trinajstić information content (AvgIpc) is 3.34. The lowest BCUT2D eigenvalue weighted by Crippen LogP contribution is -2.34. The molecule has 0 spiro atoms. The molecule has 0 unspecified atom stereocenters. The summed E-state index contributed by atoms with van der Waals surface area (Å²) in [7, 11) is 0. The first-order chi connectivity index (χ1) is 13.1. The summed E-state index contributed by atoms with van der Waals surface area (Å²) in [6, 6.07) is 8.99. The van der Waals surface area contributed by atoms with Crippen LogP contribution in [0.1, 0.15) is 47.4 Å². The molecule has 1 fully saturated rings. The number of nitrogens with two attached hydrogens (primary N) is 1. The number of hydrogen-bond acceptors (Lipinski definition) is 6. The molecule has 4 rings (SSSR count). The van der Waals surface area contributed by atoms with E-state index in [1.54, 1.807) is 24.5 Å². The molecule has 2 aromatic heterocycles. The van der Waals surface area contributed by atoms with E-state index in [-0.39, 0.29) is 5.91 Å². The summed E-state index contributed by atoms with van der Waals surface area (Å²) >= 11 is 0. The molecule has 1 aliphatic carbocycles. The lowest BCUT2D eigenvalue weighted by molar-refractivity contribution is 0.102. The van der Waals surface area contributed by atoms with Crippen LogP contribution in [0.15, 0.2) is 47.2 Å². The molecular formula is C20H21N5O2. The minimum atomic E-state index is -0.522. The fourth-order valence-electron chi connectivity index (χ4n) is 3.47. The predicted octanol–water partition coefficient (Wildman–Crippen LogP) is 3.42. The Labute approximate surface area is 157 Å². The third-order valence-corrected chi connectivity index (χ3v) is 5.05. The van der Waals surface area contributed by atoms with Crippen LogP contribution >= 0.6 is 0 Å². The first-order valence-corrected chi connectivity index (χ1v) is 9.01. The van der Waals surface area contributed by atoms with E-state index in [1.807, 2.05) is 25.1 Å². The molecule has 138 valence electrons. The van der Waals surface area contributed by atoms with Crippen LogP contribution in [0.4, 0.5) is 5.69 Å². The fraction of sp³-hybridized carbons (Fsp3) is 0.300. The van der Waals surface area contributed by atoms with Crippen LogP contribution in [0.5, 0.6) is 0 Å². The predicted molar refractivity (Wildman–Crippen MR) is 101 cm³/mol. The maximum absolute atomic E-state index is 12.6. The van der Waals surface area contributed by atoms with Gasteiger partial charge in [0.1, 0.15) is 0 Å². The Morgan fingerprint density at radius 2 is 1.93 bits per heavy atom. The highest BCUT2D eigenvalue weighted by molar-refractivity contribution is 6.06. The largest absolute Gasteiger partial charge is 0.334 e. The van der Waals surface area contributed by atoms with Crippen molar-refractivity contribution >= 4 is 11.6 Å². The first-order valence-electron chi connectivity index (χ1n) is 9.01. The van der Waals surface area contributed by atoms with E-state index in [2.05, 4.69) is 20.4 Å². The SMILES string of the molecule is Cc1cccc(-c2nc(C3(N)CCCC3)no2)c1NC(=O)c1ccncc1. The van der Waals surface area contributed by atoms with Gasteiger partial charge in [-0.25, -0.2) is 0 Å². The van der Waals surface area contributed by atoms with E-state index in [0.29, 0.717) is 28.5 Å². The number of aryl methyl sites for hydroxylation is 1. The lowest BCUT2D eigenvalue weighted by Gasteiger charge is -2.17. The van der Waals surface area contributed by atoms with Gasteiger partial charge in [0.05, 0.1) is 16.8 Å². The topological polar surface area (TPSA) is 107 Å². The third-order valence-electron chi connectivity index (χ3n) is 5.05. The molecule has 0 saturated heterocycles. The molecule has 2 heterocycles. The summed E-state index contributed by atoms with van der Waals surface area (Å²) in [4.78, 5) is 21.1. The Morgan fingerprint density at radius 3 is 2.67 bits per heavy atom. The van der Waals surface area contributed by atoms with Crippen molar-refractivity contribution < 1.29 is 9.32 Å². The van der Waals surface area contributed by atoms with E-state index < -0.39 is 5.54 Å². The Morgan fingerprint density at radius 1 is 1.19 bits per heavy atom. The quantitative estimate of drug-likeness (QED) is 0.735. The van der Waals surface area contributed by atoms with E-state index in [1.165, 1.54) is 0 Å². The number of nitrogens with one attached hydrogen (secondary N) is 1. The van der Waals surface area contributed by atoms with Gasteiger partial charge in [0.15, 0.2) is 5.82 Å². The Kier molecular flexibility index (Phi) is 4.45. The average molecular weight is 363 g/mol. The van der Waals surface area contributed by atoms with E-state index in [0.717, 1.165) is 31.2 Å². The lowest BCUT2D eigenvalue weighted by atomic mass is 9.98. The van der Waals surface area contributed by atoms with Gasteiger partial charge in [0.25, 0.3) is 11.8 Å². The van der Waals surface area contributed by atoms with Gasteiger partial charge < -0.3 is 15.6 Å². The van der Waals surface area contributed by atoms with E-state index >= 15 is 0 Å². The number of para-hydroxylation sites is 1. The molecule has 0 atom stereocenters. The number of carbonyl (C=O) groups excluding carboxylic acids is 1. The number of carbonyl (C=O) groups is 1. The van der Waals surface area contributed by atoms with Crippen LogP contribution in [0.2, 0.25) is 0 Å². The molecule has 0 aliphatic heterocycles. The highest BCUT2D eigenvalue weighted by Gasteiger charge is 2.36. The molecule has 7 nitrogen and oxygen atoms in total. The summed E-state index contributed by atoms with van der Waals surface area (Å²) < 4.78 is 5.51. The summed E-state index contributed by atoms with van der Waals surface area (Å²) in [5.41, 5.74) is 8.66. The minimum absolute atomic E-state index is 0.223. The van der Waals surface area contributed by atoms with Crippen molar-refractivity contribution in [2.24, 2.45) is 5.73 Å². The number of nitrogens with zero attached hydrogens (tertiary/aromatic N) is 3. The fourth-order valence-corrected chi connectivity index (χ4v) is 3.47. The normalized spacial score (nSPS) is 15.6. The van der Waals surface area contributed by atoms with Crippen LogP contribution < -0.4 is 11.1 Å². The Hall–Kier alpha value is -3.06. The van der Waals surface area contributed by atoms with Crippen molar-refractivity contribution in [3.8, 4) is 11.5 Å². The number of pyridine rings is 1. The molecule has 3 N–H and O–H groups in total. The second kappa shape index (κ2) is 6.92. The second-order valence-corrected chi connectivity index (χ2v) is 6.97. The van der Waals surface area contributed by atoms with E-state index in [9.17, 15) is 4.79 Å². The van der Waals surface area contributed by atoms with Crippen molar-refractivity contribution in [1.82, 2.24) is 15.1 Å². The van der Waals surface area contributed by atoms with Crippen LogP contribution in [0.25, 0.3) is 11.5 Å². The Balaban J connectivity index is 1.67. The molecule has 0 radical (unpaired) electrons. The third kappa shape index (κ3) is 3.33. The first kappa shape index (κ1) is 17.4. The van der Waals surface area contributed by atoms with Gasteiger partial charge in [-0.3, -0.25) is 9.78 Å². The van der Waals surface area contributed by atoms with Crippen molar-refractivity contribution in [1.29, 1.82) is 0 Å². The zero-order valence-corrected chi connectivity index (χ0v) is 15.1. The van der Waals surface area contributed by atoms with Gasteiger partial charge in [-0.15, -0.1) is 0 Å².